The number of esters is 1. The number of ether oxygens (including phenoxy) is 2. The third kappa shape index (κ3) is 4.02. The minimum atomic E-state index is -0.391. The lowest BCUT2D eigenvalue weighted by atomic mass is 9.97. The van der Waals surface area contributed by atoms with Gasteiger partial charge in [-0.3, -0.25) is 9.59 Å². The zero-order chi connectivity index (χ0) is 19.4. The second kappa shape index (κ2) is 8.07. The van der Waals surface area contributed by atoms with Crippen LogP contribution in [0.4, 0.5) is 10.5 Å². The summed E-state index contributed by atoms with van der Waals surface area (Å²) in [6.45, 7) is 2.97. The van der Waals surface area contributed by atoms with Gasteiger partial charge in [0.05, 0.1) is 25.2 Å². The van der Waals surface area contributed by atoms with Crippen LogP contribution in [0.5, 0.6) is 5.88 Å². The van der Waals surface area contributed by atoms with Crippen LogP contribution in [0.3, 0.4) is 0 Å². The summed E-state index contributed by atoms with van der Waals surface area (Å²) in [5.41, 5.74) is 0.459. The van der Waals surface area contributed by atoms with E-state index in [2.05, 4.69) is 15.3 Å². The summed E-state index contributed by atoms with van der Waals surface area (Å²) < 4.78 is 10.1. The lowest BCUT2D eigenvalue weighted by molar-refractivity contribution is -0.149. The number of hydrogen-bond donors (Lipinski definition) is 2. The second-order valence-corrected chi connectivity index (χ2v) is 6.22. The highest BCUT2D eigenvalue weighted by atomic mass is 16.5. The molecule has 0 unspecified atom stereocenters. The Hall–Kier alpha value is -3.10. The summed E-state index contributed by atoms with van der Waals surface area (Å²) in [5.74, 6) is -0.0872. The maximum atomic E-state index is 12.6. The topological polar surface area (TPSA) is 114 Å². The number of rotatable bonds is 4. The first-order valence-electron chi connectivity index (χ1n) is 8.82. The van der Waals surface area contributed by atoms with Gasteiger partial charge < -0.3 is 24.7 Å². The van der Waals surface area contributed by atoms with Crippen LogP contribution in [-0.4, -0.2) is 53.7 Å². The number of methoxy groups -OCH3 is 1. The van der Waals surface area contributed by atoms with Crippen LogP contribution in [0.25, 0.3) is 11.0 Å². The molecule has 1 fully saturated rings. The summed E-state index contributed by atoms with van der Waals surface area (Å²) in [6.07, 6.45) is 2.53. The second-order valence-electron chi connectivity index (χ2n) is 6.22. The summed E-state index contributed by atoms with van der Waals surface area (Å²) in [4.78, 5) is 45.5. The number of hydrogen-bond acceptors (Lipinski definition) is 6. The molecule has 1 aliphatic rings. The number of pyridine rings is 2. The van der Waals surface area contributed by atoms with E-state index >= 15 is 0 Å². The maximum absolute atomic E-state index is 12.6. The molecule has 0 atom stereocenters. The average molecular weight is 374 g/mol. The minimum absolute atomic E-state index is 0.112. The molecule has 3 heterocycles. The Morgan fingerprint density at radius 1 is 1.33 bits per heavy atom. The Morgan fingerprint density at radius 2 is 2.07 bits per heavy atom. The van der Waals surface area contributed by atoms with E-state index in [9.17, 15) is 14.4 Å². The van der Waals surface area contributed by atoms with E-state index in [1.807, 2.05) is 0 Å². The molecule has 0 aliphatic carbocycles. The molecule has 3 rings (SSSR count). The molecule has 144 valence electrons. The number of nitrogens with zero attached hydrogens (tertiary/aromatic N) is 2. The largest absolute Gasteiger partial charge is 0.481 e. The van der Waals surface area contributed by atoms with E-state index in [0.29, 0.717) is 43.9 Å². The fourth-order valence-corrected chi connectivity index (χ4v) is 3.05. The smallest absolute Gasteiger partial charge is 0.321 e. The highest BCUT2D eigenvalue weighted by molar-refractivity contribution is 5.91. The van der Waals surface area contributed by atoms with Crippen molar-refractivity contribution >= 4 is 28.7 Å². The fourth-order valence-electron chi connectivity index (χ4n) is 3.05. The molecule has 1 saturated heterocycles. The van der Waals surface area contributed by atoms with Crippen molar-refractivity contribution in [2.75, 3.05) is 32.1 Å². The van der Waals surface area contributed by atoms with E-state index in [1.165, 1.54) is 13.3 Å². The van der Waals surface area contributed by atoms with Crippen molar-refractivity contribution in [3.8, 4) is 5.88 Å². The molecule has 2 N–H and O–H groups in total. The molecule has 2 amide bonds. The number of carbonyl (C=O) groups is 2. The molecule has 0 spiro atoms. The van der Waals surface area contributed by atoms with Crippen molar-refractivity contribution in [3.05, 3.63) is 28.6 Å². The first-order valence-corrected chi connectivity index (χ1v) is 8.82. The normalized spacial score (nSPS) is 14.8. The Balaban J connectivity index is 1.69. The SMILES string of the molecule is CCOC(=O)C1CCN(C(=O)Nc2c[nH]c3ccc(OC)nc3c2=O)CC1. The number of piperidine rings is 1. The zero-order valence-electron chi connectivity index (χ0n) is 15.3. The van der Waals surface area contributed by atoms with Crippen LogP contribution in [0, 0.1) is 5.92 Å². The van der Waals surface area contributed by atoms with Crippen LogP contribution in [0.15, 0.2) is 23.1 Å². The average Bonchev–Trinajstić information content (AvgIpc) is 2.70. The third-order valence-corrected chi connectivity index (χ3v) is 4.55. The summed E-state index contributed by atoms with van der Waals surface area (Å²) in [6, 6.07) is 2.95. The number of urea groups is 1. The van der Waals surface area contributed by atoms with Gasteiger partial charge in [-0.2, -0.15) is 0 Å². The Kier molecular flexibility index (Phi) is 5.58. The van der Waals surface area contributed by atoms with Gasteiger partial charge in [-0.15, -0.1) is 0 Å². The van der Waals surface area contributed by atoms with Crippen molar-refractivity contribution < 1.29 is 19.1 Å². The van der Waals surface area contributed by atoms with E-state index in [4.69, 9.17) is 9.47 Å². The van der Waals surface area contributed by atoms with Gasteiger partial charge in [0.15, 0.2) is 0 Å². The molecule has 2 aromatic rings. The molecular formula is C18H22N4O5. The Morgan fingerprint density at radius 3 is 2.74 bits per heavy atom. The quantitative estimate of drug-likeness (QED) is 0.788. The zero-order valence-corrected chi connectivity index (χ0v) is 15.3. The first kappa shape index (κ1) is 18.7. The van der Waals surface area contributed by atoms with Crippen LogP contribution in [-0.2, 0) is 9.53 Å². The van der Waals surface area contributed by atoms with E-state index in [1.54, 1.807) is 24.0 Å². The lowest BCUT2D eigenvalue weighted by Crippen LogP contribution is -2.43. The molecule has 2 aromatic heterocycles. The van der Waals surface area contributed by atoms with Crippen molar-refractivity contribution in [2.24, 2.45) is 5.92 Å². The molecule has 27 heavy (non-hydrogen) atoms. The molecular weight excluding hydrogens is 352 g/mol. The number of likely N-dealkylation sites (tertiary alicyclic amines) is 1. The van der Waals surface area contributed by atoms with Crippen molar-refractivity contribution in [1.29, 1.82) is 0 Å². The van der Waals surface area contributed by atoms with Gasteiger partial charge in [-0.25, -0.2) is 9.78 Å². The van der Waals surface area contributed by atoms with Gasteiger partial charge in [0.2, 0.25) is 11.3 Å². The van der Waals surface area contributed by atoms with Crippen LogP contribution in [0.1, 0.15) is 19.8 Å². The number of H-pyrrole nitrogens is 1. The Labute approximate surface area is 155 Å². The molecule has 9 heteroatoms. The third-order valence-electron chi connectivity index (χ3n) is 4.55. The number of anilines is 1. The van der Waals surface area contributed by atoms with Crippen molar-refractivity contribution in [1.82, 2.24) is 14.9 Å². The molecule has 0 saturated carbocycles. The number of aromatic nitrogens is 2. The first-order chi connectivity index (χ1) is 13.0. The predicted octanol–water partition coefficient (Wildman–Crippen LogP) is 1.74. The Bertz CT molecular complexity index is 902. The summed E-state index contributed by atoms with van der Waals surface area (Å²) in [5, 5.41) is 2.63. The van der Waals surface area contributed by atoms with Gasteiger partial charge >= 0.3 is 12.0 Å². The van der Waals surface area contributed by atoms with Gasteiger partial charge in [0.25, 0.3) is 0 Å². The molecule has 9 nitrogen and oxygen atoms in total. The molecule has 1 aliphatic heterocycles. The predicted molar refractivity (Wildman–Crippen MR) is 98.9 cm³/mol. The van der Waals surface area contributed by atoms with Gasteiger partial charge in [-0.1, -0.05) is 0 Å². The number of aromatic amines is 1. The summed E-state index contributed by atoms with van der Waals surface area (Å²) >= 11 is 0. The van der Waals surface area contributed by atoms with Crippen LogP contribution in [0.2, 0.25) is 0 Å². The van der Waals surface area contributed by atoms with Gasteiger partial charge in [-0.05, 0) is 25.8 Å². The number of nitrogens with one attached hydrogen (secondary N) is 2. The van der Waals surface area contributed by atoms with E-state index in [0.717, 1.165) is 0 Å². The van der Waals surface area contributed by atoms with Gasteiger partial charge in [0.1, 0.15) is 11.2 Å². The number of carbonyl (C=O) groups excluding carboxylic acids is 2. The van der Waals surface area contributed by atoms with Crippen LogP contribution < -0.4 is 15.5 Å². The standard InChI is InChI=1S/C18H22N4O5/c1-3-27-17(24)11-6-8-22(9-7-11)18(25)20-13-10-19-12-4-5-14(26-2)21-15(12)16(13)23/h4-5,10-11H,3,6-9H2,1-2H3,(H,19,23)(H,20,25). The monoisotopic (exact) mass is 374 g/mol. The molecule has 0 radical (unpaired) electrons. The summed E-state index contributed by atoms with van der Waals surface area (Å²) in [7, 11) is 1.47. The minimum Gasteiger partial charge on any atom is -0.481 e. The maximum Gasteiger partial charge on any atom is 0.321 e. The highest BCUT2D eigenvalue weighted by Gasteiger charge is 2.28. The van der Waals surface area contributed by atoms with Crippen molar-refractivity contribution in [2.45, 2.75) is 19.8 Å². The highest BCUT2D eigenvalue weighted by Crippen LogP contribution is 2.20. The number of amides is 2. The van der Waals surface area contributed by atoms with Crippen molar-refractivity contribution in [3.63, 3.8) is 0 Å². The fraction of sp³-hybridized carbons (Fsp3) is 0.444. The molecule has 0 bridgehead atoms. The molecule has 0 aromatic carbocycles. The lowest BCUT2D eigenvalue weighted by Gasteiger charge is -2.30. The van der Waals surface area contributed by atoms with E-state index < -0.39 is 5.43 Å². The van der Waals surface area contributed by atoms with Gasteiger partial charge in [0, 0.05) is 25.4 Å². The van der Waals surface area contributed by atoms with E-state index in [-0.39, 0.29) is 29.1 Å². The van der Waals surface area contributed by atoms with Crippen LogP contribution >= 0.6 is 0 Å². The number of fused-ring (bicyclic) bond motifs is 1.